The van der Waals surface area contributed by atoms with Crippen molar-refractivity contribution in [3.05, 3.63) is 0 Å². The molecule has 0 aromatic rings. The topological polar surface area (TPSA) is 3.24 Å². The van der Waals surface area contributed by atoms with Crippen LogP contribution in [0.4, 0.5) is 0 Å². The maximum Gasteiger partial charge on any atom is 0.0205 e. The fourth-order valence-corrected chi connectivity index (χ4v) is 4.53. The molecule has 0 bridgehead atoms. The van der Waals surface area contributed by atoms with Gasteiger partial charge in [0.15, 0.2) is 0 Å². The van der Waals surface area contributed by atoms with Crippen LogP contribution in [0.2, 0.25) is 0 Å². The summed E-state index contributed by atoms with van der Waals surface area (Å²) in [4.78, 5) is 0. The molecule has 0 heterocycles. The number of nitrogens with zero attached hydrogens (tertiary/aromatic N) is 1. The van der Waals surface area contributed by atoms with Crippen LogP contribution in [0.1, 0.15) is 57.8 Å². The molecule has 0 N–H and O–H groups in total. The SMILES string of the molecule is SCCSN(C1CCCCC1)C1CCCC1. The molecule has 0 radical (unpaired) electrons. The van der Waals surface area contributed by atoms with Crippen LogP contribution in [0.5, 0.6) is 0 Å². The first-order valence-corrected chi connectivity index (χ1v) is 8.51. The van der Waals surface area contributed by atoms with Gasteiger partial charge in [0.25, 0.3) is 0 Å². The van der Waals surface area contributed by atoms with Gasteiger partial charge in [0.05, 0.1) is 0 Å². The van der Waals surface area contributed by atoms with E-state index in [1.54, 1.807) is 0 Å². The molecule has 1 nitrogen and oxygen atoms in total. The molecule has 0 aromatic carbocycles. The van der Waals surface area contributed by atoms with Crippen molar-refractivity contribution in [2.45, 2.75) is 69.9 Å². The van der Waals surface area contributed by atoms with Crippen LogP contribution in [-0.4, -0.2) is 27.9 Å². The fourth-order valence-electron chi connectivity index (χ4n) is 3.15. The van der Waals surface area contributed by atoms with E-state index < -0.39 is 0 Å². The Morgan fingerprint density at radius 2 is 1.38 bits per heavy atom. The minimum atomic E-state index is 0.877. The molecule has 2 rings (SSSR count). The average Bonchev–Trinajstić information content (AvgIpc) is 2.85. The third-order valence-electron chi connectivity index (χ3n) is 3.95. The van der Waals surface area contributed by atoms with E-state index in [1.807, 2.05) is 0 Å². The Kier molecular flexibility index (Phi) is 5.87. The first kappa shape index (κ1) is 13.1. The summed E-state index contributed by atoms with van der Waals surface area (Å²) in [6, 6.07) is 1.76. The van der Waals surface area contributed by atoms with Crippen LogP contribution in [0.3, 0.4) is 0 Å². The second kappa shape index (κ2) is 7.17. The van der Waals surface area contributed by atoms with E-state index in [9.17, 15) is 0 Å². The summed E-state index contributed by atoms with van der Waals surface area (Å²) in [5.74, 6) is 2.21. The molecule has 0 amide bonds. The zero-order valence-electron chi connectivity index (χ0n) is 10.2. The summed E-state index contributed by atoms with van der Waals surface area (Å²) in [6.07, 6.45) is 13.0. The lowest BCUT2D eigenvalue weighted by Gasteiger charge is -2.37. The molecule has 94 valence electrons. The largest absolute Gasteiger partial charge is 0.244 e. The molecule has 0 saturated heterocycles. The van der Waals surface area contributed by atoms with Crippen molar-refractivity contribution < 1.29 is 0 Å². The molecule has 0 unspecified atom stereocenters. The Balaban J connectivity index is 1.89. The fraction of sp³-hybridized carbons (Fsp3) is 1.00. The van der Waals surface area contributed by atoms with Crippen molar-refractivity contribution in [2.24, 2.45) is 0 Å². The Hall–Kier alpha value is 0.660. The Morgan fingerprint density at radius 1 is 0.875 bits per heavy atom. The van der Waals surface area contributed by atoms with Crippen molar-refractivity contribution in [1.29, 1.82) is 0 Å². The van der Waals surface area contributed by atoms with Crippen LogP contribution in [0.15, 0.2) is 0 Å². The van der Waals surface area contributed by atoms with Crippen molar-refractivity contribution >= 4 is 24.6 Å². The van der Waals surface area contributed by atoms with Crippen LogP contribution >= 0.6 is 24.6 Å². The normalized spacial score (nSPS) is 24.4. The van der Waals surface area contributed by atoms with Gasteiger partial charge in [0, 0.05) is 23.6 Å². The van der Waals surface area contributed by atoms with Gasteiger partial charge in [-0.25, -0.2) is 4.31 Å². The van der Waals surface area contributed by atoms with Crippen LogP contribution in [0.25, 0.3) is 0 Å². The van der Waals surface area contributed by atoms with Gasteiger partial charge in [0.1, 0.15) is 0 Å². The third kappa shape index (κ3) is 3.58. The highest BCUT2D eigenvalue weighted by atomic mass is 32.2. The van der Waals surface area contributed by atoms with Crippen molar-refractivity contribution in [3.8, 4) is 0 Å². The van der Waals surface area contributed by atoms with Gasteiger partial charge in [-0.05, 0) is 25.7 Å². The Bertz CT molecular complexity index is 186. The van der Waals surface area contributed by atoms with E-state index >= 15 is 0 Å². The van der Waals surface area contributed by atoms with Gasteiger partial charge in [-0.2, -0.15) is 12.6 Å². The molecule has 0 aliphatic heterocycles. The predicted octanol–water partition coefficient (Wildman–Crippen LogP) is 4.14. The summed E-state index contributed by atoms with van der Waals surface area (Å²) in [7, 11) is 0. The van der Waals surface area contributed by atoms with E-state index in [0.717, 1.165) is 17.8 Å². The summed E-state index contributed by atoms with van der Waals surface area (Å²) in [6.45, 7) is 0. The van der Waals surface area contributed by atoms with Gasteiger partial charge in [0.2, 0.25) is 0 Å². The zero-order valence-corrected chi connectivity index (χ0v) is 11.9. The Morgan fingerprint density at radius 3 is 1.88 bits per heavy atom. The third-order valence-corrected chi connectivity index (χ3v) is 5.76. The summed E-state index contributed by atoms with van der Waals surface area (Å²) >= 11 is 6.44. The standard InChI is InChI=1S/C13H25NS2/c15-10-11-16-14(13-8-4-5-9-13)12-6-2-1-3-7-12/h12-13,15H,1-11H2. The monoisotopic (exact) mass is 259 g/mol. The number of hydrogen-bond donors (Lipinski definition) is 1. The van der Waals surface area contributed by atoms with E-state index in [4.69, 9.17) is 0 Å². The molecular formula is C13H25NS2. The first-order chi connectivity index (χ1) is 7.92. The lowest BCUT2D eigenvalue weighted by Crippen LogP contribution is -2.38. The molecular weight excluding hydrogens is 234 g/mol. The summed E-state index contributed by atoms with van der Waals surface area (Å²) in [5.41, 5.74) is 0. The second-order valence-electron chi connectivity index (χ2n) is 5.15. The van der Waals surface area contributed by atoms with Crippen molar-refractivity contribution in [1.82, 2.24) is 4.31 Å². The van der Waals surface area contributed by atoms with E-state index in [2.05, 4.69) is 28.9 Å². The second-order valence-corrected chi connectivity index (χ2v) is 6.68. The number of rotatable bonds is 5. The van der Waals surface area contributed by atoms with Gasteiger partial charge in [-0.3, -0.25) is 0 Å². The molecule has 0 atom stereocenters. The predicted molar refractivity (Wildman–Crippen MR) is 77.3 cm³/mol. The molecule has 2 saturated carbocycles. The summed E-state index contributed by atoms with van der Waals surface area (Å²) in [5, 5.41) is 0. The summed E-state index contributed by atoms with van der Waals surface area (Å²) < 4.78 is 2.78. The van der Waals surface area contributed by atoms with E-state index in [-0.39, 0.29) is 0 Å². The minimum absolute atomic E-state index is 0.877. The molecule has 2 aliphatic carbocycles. The maximum atomic E-state index is 4.35. The highest BCUT2D eigenvalue weighted by Gasteiger charge is 2.29. The number of thiol groups is 1. The van der Waals surface area contributed by atoms with E-state index in [1.165, 1.54) is 63.5 Å². The van der Waals surface area contributed by atoms with E-state index in [0.29, 0.717) is 0 Å². The highest BCUT2D eigenvalue weighted by Crippen LogP contribution is 2.35. The molecule has 16 heavy (non-hydrogen) atoms. The quantitative estimate of drug-likeness (QED) is 0.584. The zero-order chi connectivity index (χ0) is 11.2. The highest BCUT2D eigenvalue weighted by molar-refractivity contribution is 7.97. The molecule has 3 heteroatoms. The van der Waals surface area contributed by atoms with Crippen molar-refractivity contribution in [3.63, 3.8) is 0 Å². The minimum Gasteiger partial charge on any atom is -0.244 e. The lowest BCUT2D eigenvalue weighted by atomic mass is 9.94. The van der Waals surface area contributed by atoms with Crippen LogP contribution in [-0.2, 0) is 0 Å². The lowest BCUT2D eigenvalue weighted by molar-refractivity contribution is 0.221. The van der Waals surface area contributed by atoms with Gasteiger partial charge in [-0.15, -0.1) is 0 Å². The maximum absolute atomic E-state index is 4.35. The van der Waals surface area contributed by atoms with Crippen molar-refractivity contribution in [2.75, 3.05) is 11.5 Å². The molecule has 0 spiro atoms. The average molecular weight is 259 g/mol. The first-order valence-electron chi connectivity index (χ1n) is 6.94. The van der Waals surface area contributed by atoms with Gasteiger partial charge < -0.3 is 0 Å². The molecule has 2 aliphatic rings. The smallest absolute Gasteiger partial charge is 0.0205 e. The van der Waals surface area contributed by atoms with Crippen LogP contribution in [0, 0.1) is 0 Å². The molecule has 2 fully saturated rings. The van der Waals surface area contributed by atoms with Gasteiger partial charge >= 0.3 is 0 Å². The molecule has 0 aromatic heterocycles. The van der Waals surface area contributed by atoms with Gasteiger partial charge in [-0.1, -0.05) is 44.1 Å². The Labute approximate surface area is 110 Å². The number of hydrogen-bond acceptors (Lipinski definition) is 3. The van der Waals surface area contributed by atoms with Crippen LogP contribution < -0.4 is 0 Å².